The molecule has 4 rings (SSSR count). The second-order valence-corrected chi connectivity index (χ2v) is 9.15. The summed E-state index contributed by atoms with van der Waals surface area (Å²) in [5.74, 6) is 2.17. The lowest BCUT2D eigenvalue weighted by Gasteiger charge is -2.28. The summed E-state index contributed by atoms with van der Waals surface area (Å²) < 4.78 is 11.7. The monoisotopic (exact) mass is 463 g/mol. The summed E-state index contributed by atoms with van der Waals surface area (Å²) in [5, 5.41) is 6.49. The summed E-state index contributed by atoms with van der Waals surface area (Å²) in [5.41, 5.74) is 4.64. The number of nitrogens with one attached hydrogen (secondary N) is 2. The van der Waals surface area contributed by atoms with E-state index in [9.17, 15) is 4.79 Å². The number of amides is 2. The number of benzene rings is 2. The number of hydrogen-bond donors (Lipinski definition) is 2. The van der Waals surface area contributed by atoms with Crippen molar-refractivity contribution in [1.29, 1.82) is 0 Å². The van der Waals surface area contributed by atoms with Gasteiger partial charge in [-0.1, -0.05) is 17.7 Å². The smallest absolute Gasteiger partial charge is 0.324 e. The molecule has 0 bridgehead atoms. The molecule has 0 aliphatic carbocycles. The second kappa shape index (κ2) is 10.3. The fraction of sp³-hybridized carbons (Fsp3) is 0.423. The molecule has 8 nitrogen and oxygen atoms in total. The van der Waals surface area contributed by atoms with Crippen LogP contribution in [-0.4, -0.2) is 54.8 Å². The average molecular weight is 464 g/mol. The van der Waals surface area contributed by atoms with Gasteiger partial charge in [-0.15, -0.1) is 0 Å². The quantitative estimate of drug-likeness (QED) is 0.539. The second-order valence-electron chi connectivity index (χ2n) is 9.15. The minimum absolute atomic E-state index is 0.364. The molecule has 3 aromatic rings. The first-order chi connectivity index (χ1) is 16.3. The van der Waals surface area contributed by atoms with Gasteiger partial charge in [0.05, 0.1) is 19.2 Å². The van der Waals surface area contributed by atoms with Crippen molar-refractivity contribution in [3.05, 3.63) is 47.3 Å². The molecule has 0 spiro atoms. The molecule has 2 N–H and O–H groups in total. The Bertz CT molecular complexity index is 1170. The molecule has 2 aromatic carbocycles. The summed E-state index contributed by atoms with van der Waals surface area (Å²) in [6.45, 7) is 8.82. The molecule has 0 atom stereocenters. The topological polar surface area (TPSA) is 88.6 Å². The Labute approximate surface area is 200 Å². The number of carbonyl (C=O) groups is 1. The maximum atomic E-state index is 12.8. The highest BCUT2D eigenvalue weighted by molar-refractivity contribution is 6.05. The zero-order valence-electron chi connectivity index (χ0n) is 20.6. The third-order valence-corrected chi connectivity index (χ3v) is 6.38. The Morgan fingerprint density at radius 1 is 1.03 bits per heavy atom. The van der Waals surface area contributed by atoms with E-state index in [0.717, 1.165) is 48.3 Å². The summed E-state index contributed by atoms with van der Waals surface area (Å²) >= 11 is 0. The van der Waals surface area contributed by atoms with Crippen LogP contribution in [0.5, 0.6) is 11.5 Å². The molecular weight excluding hydrogens is 430 g/mol. The van der Waals surface area contributed by atoms with E-state index in [0.29, 0.717) is 40.7 Å². The van der Waals surface area contributed by atoms with Crippen LogP contribution in [0, 0.1) is 26.7 Å². The van der Waals surface area contributed by atoms with Crippen molar-refractivity contribution in [1.82, 2.24) is 14.9 Å². The van der Waals surface area contributed by atoms with E-state index < -0.39 is 0 Å². The van der Waals surface area contributed by atoms with Gasteiger partial charge in [0.2, 0.25) is 0 Å². The first kappa shape index (κ1) is 23.8. The minimum Gasteiger partial charge on any atom is -0.493 e. The van der Waals surface area contributed by atoms with Gasteiger partial charge in [0.1, 0.15) is 12.1 Å². The summed E-state index contributed by atoms with van der Waals surface area (Å²) in [4.78, 5) is 23.8. The molecule has 2 amide bonds. The van der Waals surface area contributed by atoms with Crippen molar-refractivity contribution < 1.29 is 14.3 Å². The molecule has 1 aliphatic rings. The third-order valence-electron chi connectivity index (χ3n) is 6.38. The van der Waals surface area contributed by atoms with Crippen molar-refractivity contribution in [3.8, 4) is 11.5 Å². The van der Waals surface area contributed by atoms with E-state index in [1.807, 2.05) is 45.0 Å². The van der Waals surface area contributed by atoms with Crippen LogP contribution < -0.4 is 20.1 Å². The Hall–Kier alpha value is -3.39. The van der Waals surface area contributed by atoms with Gasteiger partial charge >= 0.3 is 6.03 Å². The predicted molar refractivity (Wildman–Crippen MR) is 135 cm³/mol. The fourth-order valence-corrected chi connectivity index (χ4v) is 4.50. The molecule has 8 heteroatoms. The molecule has 2 heterocycles. The molecule has 1 aliphatic heterocycles. The number of rotatable bonds is 6. The van der Waals surface area contributed by atoms with Crippen LogP contribution in [0.2, 0.25) is 0 Å². The van der Waals surface area contributed by atoms with Crippen molar-refractivity contribution in [3.63, 3.8) is 0 Å². The maximum Gasteiger partial charge on any atom is 0.324 e. The fourth-order valence-electron chi connectivity index (χ4n) is 4.50. The van der Waals surface area contributed by atoms with E-state index in [-0.39, 0.29) is 6.03 Å². The maximum absolute atomic E-state index is 12.8. The lowest BCUT2D eigenvalue weighted by molar-refractivity contribution is 0.157. The van der Waals surface area contributed by atoms with E-state index in [4.69, 9.17) is 9.47 Å². The van der Waals surface area contributed by atoms with E-state index in [2.05, 4.69) is 32.5 Å². The van der Waals surface area contributed by atoms with Crippen LogP contribution in [0.4, 0.5) is 16.3 Å². The van der Waals surface area contributed by atoms with Crippen LogP contribution in [0.3, 0.4) is 0 Å². The summed E-state index contributed by atoms with van der Waals surface area (Å²) in [7, 11) is 3.76. The predicted octanol–water partition coefficient (Wildman–Crippen LogP) is 4.93. The van der Waals surface area contributed by atoms with Crippen molar-refractivity contribution in [2.24, 2.45) is 5.92 Å². The molecule has 34 heavy (non-hydrogen) atoms. The molecule has 0 saturated carbocycles. The van der Waals surface area contributed by atoms with Gasteiger partial charge in [-0.3, -0.25) is 5.32 Å². The Morgan fingerprint density at radius 3 is 2.41 bits per heavy atom. The van der Waals surface area contributed by atoms with Gasteiger partial charge in [0, 0.05) is 17.1 Å². The number of ether oxygens (including phenoxy) is 2. The van der Waals surface area contributed by atoms with Gasteiger partial charge in [-0.25, -0.2) is 14.8 Å². The summed E-state index contributed by atoms with van der Waals surface area (Å²) in [6.07, 6.45) is 3.68. The van der Waals surface area contributed by atoms with Gasteiger partial charge in [-0.05, 0) is 76.9 Å². The Balaban J connectivity index is 1.52. The zero-order valence-corrected chi connectivity index (χ0v) is 20.6. The van der Waals surface area contributed by atoms with Crippen LogP contribution in [-0.2, 0) is 0 Å². The molecule has 0 unspecified atom stereocenters. The normalized spacial score (nSPS) is 14.7. The van der Waals surface area contributed by atoms with Crippen molar-refractivity contribution >= 4 is 28.4 Å². The van der Waals surface area contributed by atoms with E-state index >= 15 is 0 Å². The zero-order chi connectivity index (χ0) is 24.2. The van der Waals surface area contributed by atoms with Crippen molar-refractivity contribution in [2.45, 2.75) is 33.6 Å². The van der Waals surface area contributed by atoms with Crippen molar-refractivity contribution in [2.75, 3.05) is 44.5 Å². The lowest BCUT2D eigenvalue weighted by Crippen LogP contribution is -2.32. The largest absolute Gasteiger partial charge is 0.493 e. The number of urea groups is 1. The van der Waals surface area contributed by atoms with Crippen LogP contribution in [0.1, 0.15) is 29.5 Å². The third kappa shape index (κ3) is 5.39. The number of carbonyl (C=O) groups excluding carboxylic acids is 1. The minimum atomic E-state index is -0.364. The van der Waals surface area contributed by atoms with Crippen LogP contribution >= 0.6 is 0 Å². The van der Waals surface area contributed by atoms with Gasteiger partial charge in [0.25, 0.3) is 0 Å². The first-order valence-corrected chi connectivity index (χ1v) is 11.6. The number of likely N-dealkylation sites (tertiary alicyclic amines) is 1. The average Bonchev–Trinajstić information content (AvgIpc) is 2.80. The highest BCUT2D eigenvalue weighted by Crippen LogP contribution is 2.35. The van der Waals surface area contributed by atoms with Crippen LogP contribution in [0.15, 0.2) is 30.6 Å². The number of methoxy groups -OCH3 is 1. The molecular formula is C26H33N5O3. The highest BCUT2D eigenvalue weighted by atomic mass is 16.5. The Kier molecular flexibility index (Phi) is 7.17. The number of aromatic nitrogens is 2. The molecule has 0 radical (unpaired) electrons. The highest BCUT2D eigenvalue weighted by Gasteiger charge is 2.19. The molecule has 1 aromatic heterocycles. The first-order valence-electron chi connectivity index (χ1n) is 11.6. The van der Waals surface area contributed by atoms with E-state index in [1.54, 1.807) is 7.11 Å². The summed E-state index contributed by atoms with van der Waals surface area (Å²) in [6, 6.07) is 7.39. The Morgan fingerprint density at radius 2 is 1.74 bits per heavy atom. The van der Waals surface area contributed by atoms with Gasteiger partial charge < -0.3 is 19.7 Å². The standard InChI is InChI=1S/C26H33N5O3/c1-16-10-17(2)24(18(3)11-16)29-26(32)30-25-20-12-22(33-5)23(13-21(20)27-15-28-25)34-14-19-6-8-31(4)9-7-19/h10-13,15,19H,6-9,14H2,1-5H3,(H2,27,28,29,30,32). The van der Waals surface area contributed by atoms with E-state index in [1.165, 1.54) is 6.33 Å². The number of hydrogen-bond acceptors (Lipinski definition) is 6. The molecule has 1 fully saturated rings. The number of piperidine rings is 1. The lowest BCUT2D eigenvalue weighted by atomic mass is 9.98. The molecule has 180 valence electrons. The number of aryl methyl sites for hydroxylation is 3. The number of anilines is 2. The van der Waals surface area contributed by atoms with Crippen LogP contribution in [0.25, 0.3) is 10.9 Å². The molecule has 1 saturated heterocycles. The SMILES string of the molecule is COc1cc2c(NC(=O)Nc3c(C)cc(C)cc3C)ncnc2cc1OCC1CCN(C)CC1. The number of fused-ring (bicyclic) bond motifs is 1. The van der Waals surface area contributed by atoms with Gasteiger partial charge in [-0.2, -0.15) is 0 Å². The van der Waals surface area contributed by atoms with Gasteiger partial charge in [0.15, 0.2) is 11.5 Å². The number of nitrogens with zero attached hydrogens (tertiary/aromatic N) is 3.